The van der Waals surface area contributed by atoms with Crippen molar-refractivity contribution in [3.8, 4) is 5.69 Å². The van der Waals surface area contributed by atoms with E-state index in [2.05, 4.69) is 35.9 Å². The summed E-state index contributed by atoms with van der Waals surface area (Å²) in [6.45, 7) is 5.98. The Labute approximate surface area is 154 Å². The van der Waals surface area contributed by atoms with E-state index in [0.717, 1.165) is 31.6 Å². The van der Waals surface area contributed by atoms with Crippen LogP contribution in [-0.2, 0) is 4.79 Å². The van der Waals surface area contributed by atoms with E-state index in [-0.39, 0.29) is 17.9 Å². The molecule has 2 heterocycles. The highest BCUT2D eigenvalue weighted by Crippen LogP contribution is 2.17. The third-order valence-corrected chi connectivity index (χ3v) is 4.96. The fourth-order valence-corrected chi connectivity index (χ4v) is 3.56. The van der Waals surface area contributed by atoms with Crippen molar-refractivity contribution in [1.29, 1.82) is 0 Å². The number of hydrogen-bond donors (Lipinski definition) is 2. The highest BCUT2D eigenvalue weighted by Gasteiger charge is 2.21. The molecule has 0 radical (unpaired) electrons. The van der Waals surface area contributed by atoms with Gasteiger partial charge in [-0.25, -0.2) is 0 Å². The third-order valence-electron chi connectivity index (χ3n) is 4.96. The van der Waals surface area contributed by atoms with Gasteiger partial charge < -0.3 is 15.6 Å². The number of benzene rings is 1. The molecule has 1 aromatic carbocycles. The number of nitrogens with one attached hydrogen (secondary N) is 1. The van der Waals surface area contributed by atoms with Crippen molar-refractivity contribution in [2.24, 2.45) is 5.73 Å². The summed E-state index contributed by atoms with van der Waals surface area (Å²) in [5, 5.41) is 3.10. The van der Waals surface area contributed by atoms with Crippen LogP contribution >= 0.6 is 0 Å². The fraction of sp³-hybridized carbons (Fsp3) is 0.400. The van der Waals surface area contributed by atoms with Crippen molar-refractivity contribution in [2.75, 3.05) is 19.6 Å². The molecule has 1 fully saturated rings. The third kappa shape index (κ3) is 4.14. The van der Waals surface area contributed by atoms with Crippen molar-refractivity contribution >= 4 is 11.8 Å². The summed E-state index contributed by atoms with van der Waals surface area (Å²) in [6, 6.07) is 12.0. The Morgan fingerprint density at radius 3 is 2.15 bits per heavy atom. The van der Waals surface area contributed by atoms with E-state index < -0.39 is 0 Å². The van der Waals surface area contributed by atoms with Crippen molar-refractivity contribution < 1.29 is 9.59 Å². The largest absolute Gasteiger partial charge is 0.369 e. The lowest BCUT2D eigenvalue weighted by Gasteiger charge is -2.31. The standard InChI is InChI=1S/C20H26N4O2/c1-14-3-4-15(2)24(14)18-7-5-16(6-8-18)20(26)22-17-9-11-23(12-10-17)13-19(21)25/h3-8,17H,9-13H2,1-2H3,(H2,21,25)(H,22,26). The smallest absolute Gasteiger partial charge is 0.251 e. The number of primary amides is 1. The molecule has 1 aliphatic heterocycles. The zero-order valence-electron chi connectivity index (χ0n) is 15.4. The van der Waals surface area contributed by atoms with Crippen LogP contribution in [0.1, 0.15) is 34.6 Å². The van der Waals surface area contributed by atoms with E-state index >= 15 is 0 Å². The molecule has 1 saturated heterocycles. The number of carbonyl (C=O) groups excluding carboxylic acids is 2. The maximum Gasteiger partial charge on any atom is 0.251 e. The summed E-state index contributed by atoms with van der Waals surface area (Å²) in [4.78, 5) is 25.5. The van der Waals surface area contributed by atoms with Crippen LogP contribution < -0.4 is 11.1 Å². The molecule has 6 nitrogen and oxygen atoms in total. The van der Waals surface area contributed by atoms with E-state index in [4.69, 9.17) is 5.73 Å². The zero-order chi connectivity index (χ0) is 18.7. The minimum atomic E-state index is -0.305. The SMILES string of the molecule is Cc1ccc(C)n1-c1ccc(C(=O)NC2CCN(CC(N)=O)CC2)cc1. The molecule has 0 atom stereocenters. The molecule has 0 aliphatic carbocycles. The second-order valence-corrected chi connectivity index (χ2v) is 6.99. The number of piperidine rings is 1. The van der Waals surface area contributed by atoms with Crippen LogP contribution in [0.4, 0.5) is 0 Å². The van der Waals surface area contributed by atoms with E-state index in [1.54, 1.807) is 0 Å². The number of aryl methyl sites for hydroxylation is 2. The summed E-state index contributed by atoms with van der Waals surface area (Å²) >= 11 is 0. The lowest BCUT2D eigenvalue weighted by atomic mass is 10.0. The van der Waals surface area contributed by atoms with Gasteiger partial charge in [0.2, 0.25) is 5.91 Å². The van der Waals surface area contributed by atoms with Gasteiger partial charge in [0.05, 0.1) is 6.54 Å². The van der Waals surface area contributed by atoms with Gasteiger partial charge in [-0.15, -0.1) is 0 Å². The maximum atomic E-state index is 12.5. The predicted octanol–water partition coefficient (Wildman–Crippen LogP) is 1.77. The molecule has 2 amide bonds. The van der Waals surface area contributed by atoms with Crippen LogP contribution in [0.5, 0.6) is 0 Å². The summed E-state index contributed by atoms with van der Waals surface area (Å²) < 4.78 is 2.16. The predicted molar refractivity (Wildman–Crippen MR) is 101 cm³/mol. The monoisotopic (exact) mass is 354 g/mol. The summed E-state index contributed by atoms with van der Waals surface area (Å²) in [6.07, 6.45) is 1.66. The topological polar surface area (TPSA) is 80.4 Å². The molecular weight excluding hydrogens is 328 g/mol. The van der Waals surface area contributed by atoms with Crippen molar-refractivity contribution in [3.63, 3.8) is 0 Å². The molecule has 3 rings (SSSR count). The Bertz CT molecular complexity index is 767. The first-order valence-electron chi connectivity index (χ1n) is 9.01. The molecule has 0 unspecified atom stereocenters. The lowest BCUT2D eigenvalue weighted by Crippen LogP contribution is -2.46. The molecule has 0 spiro atoms. The Hall–Kier alpha value is -2.60. The van der Waals surface area contributed by atoms with Gasteiger partial charge in [-0.2, -0.15) is 0 Å². The van der Waals surface area contributed by atoms with Crippen molar-refractivity contribution in [3.05, 3.63) is 53.3 Å². The first kappa shape index (κ1) is 18.2. The molecule has 2 aromatic rings. The van der Waals surface area contributed by atoms with Gasteiger partial charge in [0.1, 0.15) is 0 Å². The van der Waals surface area contributed by atoms with Crippen LogP contribution in [-0.4, -0.2) is 47.0 Å². The van der Waals surface area contributed by atoms with Crippen LogP contribution in [0.3, 0.4) is 0 Å². The molecule has 1 aliphatic rings. The molecule has 6 heteroatoms. The number of nitrogens with zero attached hydrogens (tertiary/aromatic N) is 2. The minimum absolute atomic E-state index is 0.0501. The number of hydrogen-bond acceptors (Lipinski definition) is 3. The average molecular weight is 354 g/mol. The van der Waals surface area contributed by atoms with Crippen LogP contribution in [0.15, 0.2) is 36.4 Å². The van der Waals surface area contributed by atoms with Crippen molar-refractivity contribution in [2.45, 2.75) is 32.7 Å². The second-order valence-electron chi connectivity index (χ2n) is 6.99. The highest BCUT2D eigenvalue weighted by atomic mass is 16.2. The molecule has 138 valence electrons. The van der Waals surface area contributed by atoms with Crippen LogP contribution in [0.2, 0.25) is 0 Å². The maximum absolute atomic E-state index is 12.5. The van der Waals surface area contributed by atoms with Gasteiger partial charge in [0.25, 0.3) is 5.91 Å². The number of likely N-dealkylation sites (tertiary alicyclic amines) is 1. The first-order valence-corrected chi connectivity index (χ1v) is 9.01. The van der Waals surface area contributed by atoms with Gasteiger partial charge in [-0.3, -0.25) is 14.5 Å². The minimum Gasteiger partial charge on any atom is -0.369 e. The van der Waals surface area contributed by atoms with Crippen LogP contribution in [0, 0.1) is 13.8 Å². The van der Waals surface area contributed by atoms with E-state index in [1.165, 1.54) is 11.4 Å². The quantitative estimate of drug-likeness (QED) is 0.859. The van der Waals surface area contributed by atoms with Gasteiger partial charge in [0.15, 0.2) is 0 Å². The van der Waals surface area contributed by atoms with E-state index in [0.29, 0.717) is 12.1 Å². The van der Waals surface area contributed by atoms with E-state index in [9.17, 15) is 9.59 Å². The van der Waals surface area contributed by atoms with E-state index in [1.807, 2.05) is 29.2 Å². The Morgan fingerprint density at radius 1 is 1.04 bits per heavy atom. The van der Waals surface area contributed by atoms with Gasteiger partial charge in [-0.05, 0) is 63.1 Å². The molecule has 26 heavy (non-hydrogen) atoms. The summed E-state index contributed by atoms with van der Waals surface area (Å²) in [7, 11) is 0. The summed E-state index contributed by atoms with van der Waals surface area (Å²) in [5.41, 5.74) is 9.29. The number of carbonyl (C=O) groups is 2. The molecular formula is C20H26N4O2. The normalized spacial score (nSPS) is 15.8. The molecule has 3 N–H and O–H groups in total. The van der Waals surface area contributed by atoms with Crippen molar-refractivity contribution in [1.82, 2.24) is 14.8 Å². The number of nitrogens with two attached hydrogens (primary N) is 1. The Balaban J connectivity index is 1.58. The Kier molecular flexibility index (Phi) is 5.42. The average Bonchev–Trinajstić information content (AvgIpc) is 2.95. The number of amides is 2. The first-order chi connectivity index (χ1) is 12.4. The number of rotatable bonds is 5. The highest BCUT2D eigenvalue weighted by molar-refractivity contribution is 5.94. The molecule has 1 aromatic heterocycles. The van der Waals surface area contributed by atoms with Crippen LogP contribution in [0.25, 0.3) is 5.69 Å². The van der Waals surface area contributed by atoms with Gasteiger partial charge >= 0.3 is 0 Å². The van der Waals surface area contributed by atoms with Gasteiger partial charge in [-0.1, -0.05) is 0 Å². The Morgan fingerprint density at radius 2 is 1.62 bits per heavy atom. The molecule has 0 saturated carbocycles. The zero-order valence-corrected chi connectivity index (χ0v) is 15.4. The number of aromatic nitrogens is 1. The summed E-state index contributed by atoms with van der Waals surface area (Å²) in [5.74, 6) is -0.355. The fourth-order valence-electron chi connectivity index (χ4n) is 3.56. The van der Waals surface area contributed by atoms with Gasteiger partial charge in [0, 0.05) is 41.8 Å². The lowest BCUT2D eigenvalue weighted by molar-refractivity contribution is -0.119. The second kappa shape index (κ2) is 7.74. The molecule has 0 bridgehead atoms.